The van der Waals surface area contributed by atoms with Gasteiger partial charge in [-0.25, -0.2) is 9.78 Å². The first-order valence-electron chi connectivity index (χ1n) is 5.77. The molecular weight excluding hydrogens is 272 g/mol. The monoisotopic (exact) mass is 288 g/mol. The van der Waals surface area contributed by atoms with Crippen LogP contribution in [0.5, 0.6) is 5.75 Å². The summed E-state index contributed by atoms with van der Waals surface area (Å²) in [7, 11) is -1.72. The van der Waals surface area contributed by atoms with Crippen molar-refractivity contribution in [2.75, 3.05) is 23.7 Å². The fraction of sp³-hybridized carbons (Fsp3) is 0.455. The molecule has 0 aromatic carbocycles. The summed E-state index contributed by atoms with van der Waals surface area (Å²) in [6, 6.07) is 2.74. The summed E-state index contributed by atoms with van der Waals surface area (Å²) in [5, 5.41) is 9.56. The third kappa shape index (κ3) is 2.75. The van der Waals surface area contributed by atoms with Crippen molar-refractivity contribution in [1.29, 1.82) is 0 Å². The maximum absolute atomic E-state index is 11.4. The predicted octanol–water partition coefficient (Wildman–Crippen LogP) is 1.84. The summed E-state index contributed by atoms with van der Waals surface area (Å²) in [6.07, 6.45) is 1.55. The van der Waals surface area contributed by atoms with Crippen LogP contribution in [-0.2, 0) is 4.74 Å². The fourth-order valence-electron chi connectivity index (χ4n) is 1.90. The van der Waals surface area contributed by atoms with Gasteiger partial charge in [0.15, 0.2) is 5.69 Å². The molecule has 8 heteroatoms. The first-order chi connectivity index (χ1) is 8.95. The first-order valence-corrected chi connectivity index (χ1v) is 7.45. The molecule has 0 unspecified atom stereocenters. The van der Waals surface area contributed by atoms with Crippen molar-refractivity contribution in [2.24, 2.45) is 0 Å². The highest BCUT2D eigenvalue weighted by Crippen LogP contribution is 2.49. The minimum atomic E-state index is -2.90. The molecule has 0 radical (unpaired) electrons. The number of rotatable bonds is 2. The van der Waals surface area contributed by atoms with Crippen LogP contribution < -0.4 is 4.31 Å². The average molecular weight is 288 g/mol. The normalized spacial score (nSPS) is 19.8. The van der Waals surface area contributed by atoms with Crippen LogP contribution in [0.25, 0.3) is 0 Å². The van der Waals surface area contributed by atoms with Gasteiger partial charge in [-0.1, -0.05) is 0 Å². The third-order valence-corrected chi connectivity index (χ3v) is 4.79. The second-order valence-corrected chi connectivity index (χ2v) is 6.29. The highest BCUT2D eigenvalue weighted by molar-refractivity contribution is 8.25. The maximum Gasteiger partial charge on any atom is 0.360 e. The lowest BCUT2D eigenvalue weighted by atomic mass is 10.3. The van der Waals surface area contributed by atoms with Crippen LogP contribution in [0, 0.1) is 0 Å². The van der Waals surface area contributed by atoms with Crippen LogP contribution in [0.4, 0.5) is 5.82 Å². The molecule has 0 amide bonds. The standard InChI is InChI=1S/C11H16N2O5S/c1-18-11(15)10-8(14)4-5-9(12-10)13-6-2-3-7-19(13,16)17/h4-5,14,16-17H,2-3,6-7H2,1H3. The van der Waals surface area contributed by atoms with E-state index in [0.717, 1.165) is 12.8 Å². The molecule has 1 aromatic heterocycles. The molecule has 106 valence electrons. The van der Waals surface area contributed by atoms with Crippen LogP contribution in [0.3, 0.4) is 0 Å². The summed E-state index contributed by atoms with van der Waals surface area (Å²) in [5.74, 6) is -0.543. The maximum atomic E-state index is 11.4. The predicted molar refractivity (Wildman–Crippen MR) is 71.5 cm³/mol. The third-order valence-electron chi connectivity index (χ3n) is 2.88. The van der Waals surface area contributed by atoms with E-state index in [-0.39, 0.29) is 23.0 Å². The minimum Gasteiger partial charge on any atom is -0.505 e. The molecule has 0 bridgehead atoms. The number of carbonyl (C=O) groups excluding carboxylic acids is 1. The lowest BCUT2D eigenvalue weighted by Crippen LogP contribution is -2.35. The summed E-state index contributed by atoms with van der Waals surface area (Å²) in [5.41, 5.74) is -0.235. The summed E-state index contributed by atoms with van der Waals surface area (Å²) in [4.78, 5) is 15.4. The van der Waals surface area contributed by atoms with Crippen molar-refractivity contribution in [3.63, 3.8) is 0 Å². The number of carbonyl (C=O) groups is 1. The van der Waals surface area contributed by atoms with Crippen LogP contribution in [0.2, 0.25) is 0 Å². The van der Waals surface area contributed by atoms with E-state index in [4.69, 9.17) is 0 Å². The van der Waals surface area contributed by atoms with E-state index in [1.807, 2.05) is 0 Å². The number of pyridine rings is 1. The molecule has 0 atom stereocenters. The summed E-state index contributed by atoms with van der Waals surface area (Å²) >= 11 is 0. The number of anilines is 1. The number of methoxy groups -OCH3 is 1. The molecule has 1 aliphatic rings. The molecule has 1 aromatic rings. The molecule has 0 saturated carbocycles. The van der Waals surface area contributed by atoms with E-state index < -0.39 is 16.7 Å². The number of nitrogens with zero attached hydrogens (tertiary/aromatic N) is 2. The van der Waals surface area contributed by atoms with Gasteiger partial charge in [0.1, 0.15) is 11.6 Å². The molecule has 3 N–H and O–H groups in total. The smallest absolute Gasteiger partial charge is 0.360 e. The number of esters is 1. The Labute approximate surface area is 112 Å². The average Bonchev–Trinajstić information content (AvgIpc) is 2.38. The van der Waals surface area contributed by atoms with E-state index in [9.17, 15) is 19.0 Å². The van der Waals surface area contributed by atoms with Crippen LogP contribution in [-0.4, -0.2) is 44.6 Å². The minimum absolute atomic E-state index is 0.235. The zero-order valence-corrected chi connectivity index (χ0v) is 11.3. The Morgan fingerprint density at radius 2 is 2.16 bits per heavy atom. The van der Waals surface area contributed by atoms with Crippen molar-refractivity contribution in [3.8, 4) is 5.75 Å². The van der Waals surface area contributed by atoms with E-state index in [2.05, 4.69) is 9.72 Å². The number of aromatic nitrogens is 1. The Hall–Kier alpha value is -1.51. The van der Waals surface area contributed by atoms with Gasteiger partial charge in [0.25, 0.3) is 0 Å². The van der Waals surface area contributed by atoms with Gasteiger partial charge in [-0.2, -0.15) is 0 Å². The van der Waals surface area contributed by atoms with Gasteiger partial charge in [0, 0.05) is 6.54 Å². The van der Waals surface area contributed by atoms with Gasteiger partial charge < -0.3 is 9.84 Å². The number of ether oxygens (including phenoxy) is 1. The zero-order chi connectivity index (χ0) is 14.0. The Kier molecular flexibility index (Phi) is 3.83. The number of aromatic hydroxyl groups is 1. The number of hydrogen-bond donors (Lipinski definition) is 3. The lowest BCUT2D eigenvalue weighted by Gasteiger charge is -2.46. The van der Waals surface area contributed by atoms with E-state index in [0.29, 0.717) is 6.54 Å². The SMILES string of the molecule is COC(=O)c1nc(N2CCCCS2(O)O)ccc1O. The van der Waals surface area contributed by atoms with Crippen molar-refractivity contribution in [3.05, 3.63) is 17.8 Å². The first kappa shape index (κ1) is 13.9. The van der Waals surface area contributed by atoms with Gasteiger partial charge in [-0.15, -0.1) is 10.8 Å². The lowest BCUT2D eigenvalue weighted by molar-refractivity contribution is 0.0590. The Morgan fingerprint density at radius 3 is 2.79 bits per heavy atom. The molecule has 19 heavy (non-hydrogen) atoms. The second-order valence-electron chi connectivity index (χ2n) is 4.17. The van der Waals surface area contributed by atoms with Crippen molar-refractivity contribution in [1.82, 2.24) is 4.98 Å². The molecule has 0 spiro atoms. The molecule has 7 nitrogen and oxygen atoms in total. The van der Waals surface area contributed by atoms with Gasteiger partial charge >= 0.3 is 5.97 Å². The zero-order valence-electron chi connectivity index (χ0n) is 10.4. The summed E-state index contributed by atoms with van der Waals surface area (Å²) in [6.45, 7) is 0.445. The van der Waals surface area contributed by atoms with Crippen LogP contribution in [0.15, 0.2) is 12.1 Å². The van der Waals surface area contributed by atoms with Crippen LogP contribution in [0.1, 0.15) is 23.3 Å². The largest absolute Gasteiger partial charge is 0.505 e. The van der Waals surface area contributed by atoms with Gasteiger partial charge in [0.05, 0.1) is 12.9 Å². The Bertz CT molecular complexity index is 494. The molecule has 1 fully saturated rings. The molecule has 2 rings (SSSR count). The Morgan fingerprint density at radius 1 is 1.42 bits per heavy atom. The van der Waals surface area contributed by atoms with E-state index in [1.54, 1.807) is 0 Å². The van der Waals surface area contributed by atoms with E-state index in [1.165, 1.54) is 23.5 Å². The highest BCUT2D eigenvalue weighted by atomic mass is 32.3. The van der Waals surface area contributed by atoms with Crippen LogP contribution >= 0.6 is 10.8 Å². The van der Waals surface area contributed by atoms with Crippen molar-refractivity contribution < 1.29 is 23.7 Å². The van der Waals surface area contributed by atoms with Crippen molar-refractivity contribution in [2.45, 2.75) is 12.8 Å². The highest BCUT2D eigenvalue weighted by Gasteiger charge is 2.28. The van der Waals surface area contributed by atoms with Gasteiger partial charge in [-0.3, -0.25) is 13.4 Å². The van der Waals surface area contributed by atoms with Gasteiger partial charge in [0.2, 0.25) is 0 Å². The molecule has 1 aliphatic heterocycles. The topological polar surface area (TPSA) is 103 Å². The second kappa shape index (κ2) is 5.24. The molecule has 0 aliphatic carbocycles. The van der Waals surface area contributed by atoms with E-state index >= 15 is 0 Å². The quantitative estimate of drug-likeness (QED) is 0.713. The Balaban J connectivity index is 2.37. The summed E-state index contributed by atoms with van der Waals surface area (Å²) < 4.78 is 25.9. The molecule has 1 saturated heterocycles. The number of hydrogen-bond acceptors (Lipinski definition) is 7. The van der Waals surface area contributed by atoms with Crippen molar-refractivity contribution >= 4 is 22.6 Å². The molecular formula is C11H16N2O5S. The molecule has 2 heterocycles. The van der Waals surface area contributed by atoms with Gasteiger partial charge in [-0.05, 0) is 25.0 Å². The fourth-order valence-corrected chi connectivity index (χ4v) is 3.53.